The van der Waals surface area contributed by atoms with Gasteiger partial charge >= 0.3 is 0 Å². The molecule has 0 saturated heterocycles. The number of fused-ring (bicyclic) bond motifs is 3. The summed E-state index contributed by atoms with van der Waals surface area (Å²) in [4.78, 5) is 15.1. The maximum Gasteiger partial charge on any atom is 0.227 e. The molecule has 1 fully saturated rings. The highest BCUT2D eigenvalue weighted by Gasteiger charge is 2.32. The van der Waals surface area contributed by atoms with Crippen LogP contribution in [-0.4, -0.2) is 16.8 Å². The van der Waals surface area contributed by atoms with Crippen LogP contribution in [0.2, 0.25) is 0 Å². The molecule has 4 heteroatoms. The number of rotatable bonds is 5. The number of furan rings is 1. The maximum atomic E-state index is 13.2. The molecule has 1 aliphatic carbocycles. The Balaban J connectivity index is 1.45. The Morgan fingerprint density at radius 2 is 1.82 bits per heavy atom. The largest absolute Gasteiger partial charge is 0.464 e. The minimum Gasteiger partial charge on any atom is -0.464 e. The molecule has 0 radical (unpaired) electrons. The van der Waals surface area contributed by atoms with Crippen LogP contribution < -0.4 is 0 Å². The van der Waals surface area contributed by atoms with Gasteiger partial charge in [-0.1, -0.05) is 42.5 Å². The van der Waals surface area contributed by atoms with E-state index < -0.39 is 0 Å². The first-order chi connectivity index (χ1) is 13.7. The van der Waals surface area contributed by atoms with E-state index in [1.165, 1.54) is 12.1 Å². The van der Waals surface area contributed by atoms with Crippen molar-refractivity contribution in [3.05, 3.63) is 83.9 Å². The number of benzene rings is 3. The Morgan fingerprint density at radius 1 is 1.04 bits per heavy atom. The van der Waals surface area contributed by atoms with Gasteiger partial charge in [-0.05, 0) is 47.4 Å². The molecule has 5 rings (SSSR count). The Morgan fingerprint density at radius 3 is 2.61 bits per heavy atom. The number of amides is 1. The van der Waals surface area contributed by atoms with Crippen molar-refractivity contribution in [1.29, 1.82) is 0 Å². The molecule has 0 spiro atoms. The van der Waals surface area contributed by atoms with Crippen LogP contribution in [0.25, 0.3) is 21.7 Å². The average Bonchev–Trinajstić information content (AvgIpc) is 3.48. The maximum absolute atomic E-state index is 13.2. The van der Waals surface area contributed by atoms with Gasteiger partial charge in [0.15, 0.2) is 0 Å². The third-order valence-electron chi connectivity index (χ3n) is 5.46. The molecule has 1 amide bonds. The Kier molecular flexibility index (Phi) is 4.12. The Hall–Kier alpha value is -3.14. The summed E-state index contributed by atoms with van der Waals surface area (Å²) in [6.45, 7) is 0.514. The highest BCUT2D eigenvalue weighted by atomic mass is 19.1. The molecule has 0 bridgehead atoms. The third-order valence-corrected chi connectivity index (χ3v) is 5.46. The van der Waals surface area contributed by atoms with Crippen molar-refractivity contribution in [3.63, 3.8) is 0 Å². The van der Waals surface area contributed by atoms with Gasteiger partial charge in [0, 0.05) is 23.5 Å². The molecule has 0 N–H and O–H groups in total. The summed E-state index contributed by atoms with van der Waals surface area (Å²) in [5.41, 5.74) is 2.67. The number of hydrogen-bond donors (Lipinski definition) is 0. The summed E-state index contributed by atoms with van der Waals surface area (Å²) in [5.74, 6) is -0.174. The molecule has 28 heavy (non-hydrogen) atoms. The van der Waals surface area contributed by atoms with E-state index in [0.29, 0.717) is 13.0 Å². The lowest BCUT2D eigenvalue weighted by molar-refractivity contribution is -0.131. The van der Waals surface area contributed by atoms with Gasteiger partial charge in [-0.15, -0.1) is 0 Å². The second-order valence-electron chi connectivity index (χ2n) is 7.48. The molecule has 1 saturated carbocycles. The normalized spacial score (nSPS) is 13.9. The van der Waals surface area contributed by atoms with Crippen LogP contribution in [0.1, 0.15) is 24.0 Å². The second kappa shape index (κ2) is 6.79. The average molecular weight is 373 g/mol. The van der Waals surface area contributed by atoms with Crippen LogP contribution in [0.4, 0.5) is 4.39 Å². The van der Waals surface area contributed by atoms with Crippen LogP contribution in [0.15, 0.2) is 71.3 Å². The van der Waals surface area contributed by atoms with E-state index in [4.69, 9.17) is 4.42 Å². The van der Waals surface area contributed by atoms with E-state index >= 15 is 0 Å². The van der Waals surface area contributed by atoms with Crippen molar-refractivity contribution < 1.29 is 13.6 Å². The molecule has 1 heterocycles. The number of hydrogen-bond acceptors (Lipinski definition) is 2. The quantitative estimate of drug-likeness (QED) is 0.465. The van der Waals surface area contributed by atoms with Gasteiger partial charge in [-0.25, -0.2) is 4.39 Å². The van der Waals surface area contributed by atoms with E-state index in [0.717, 1.165) is 45.7 Å². The zero-order valence-corrected chi connectivity index (χ0v) is 15.4. The Bertz CT molecular complexity index is 1160. The minimum atomic E-state index is -0.259. The molecule has 0 aliphatic heterocycles. The molecule has 3 nitrogen and oxygen atoms in total. The number of carbonyl (C=O) groups excluding carboxylic acids is 1. The van der Waals surface area contributed by atoms with Crippen molar-refractivity contribution in [2.24, 2.45) is 0 Å². The summed E-state index contributed by atoms with van der Waals surface area (Å²) < 4.78 is 18.9. The van der Waals surface area contributed by atoms with Crippen molar-refractivity contribution in [2.75, 3.05) is 0 Å². The van der Waals surface area contributed by atoms with Gasteiger partial charge in [-0.2, -0.15) is 0 Å². The molecular weight excluding hydrogens is 353 g/mol. The summed E-state index contributed by atoms with van der Waals surface area (Å²) >= 11 is 0. The van der Waals surface area contributed by atoms with Gasteiger partial charge in [0.2, 0.25) is 5.91 Å². The lowest BCUT2D eigenvalue weighted by Gasteiger charge is -2.22. The van der Waals surface area contributed by atoms with E-state index in [-0.39, 0.29) is 17.8 Å². The number of carbonyl (C=O) groups is 1. The van der Waals surface area contributed by atoms with E-state index in [1.807, 2.05) is 29.2 Å². The summed E-state index contributed by atoms with van der Waals surface area (Å²) in [7, 11) is 0. The van der Waals surface area contributed by atoms with E-state index in [9.17, 15) is 9.18 Å². The fourth-order valence-electron chi connectivity index (χ4n) is 3.86. The van der Waals surface area contributed by atoms with Gasteiger partial charge in [0.25, 0.3) is 0 Å². The molecule has 3 aromatic carbocycles. The highest BCUT2D eigenvalue weighted by Crippen LogP contribution is 2.32. The van der Waals surface area contributed by atoms with Gasteiger partial charge in [0.1, 0.15) is 11.4 Å². The lowest BCUT2D eigenvalue weighted by atomic mass is 10.0. The SMILES string of the molecule is O=C(Cc1coc2ccc3ccccc3c12)N(Cc1ccc(F)cc1)C1CC1. The molecule has 0 atom stereocenters. The van der Waals surface area contributed by atoms with Crippen molar-refractivity contribution in [3.8, 4) is 0 Å². The van der Waals surface area contributed by atoms with Crippen LogP contribution >= 0.6 is 0 Å². The predicted molar refractivity (Wildman–Crippen MR) is 107 cm³/mol. The smallest absolute Gasteiger partial charge is 0.227 e. The van der Waals surface area contributed by atoms with E-state index in [2.05, 4.69) is 12.1 Å². The van der Waals surface area contributed by atoms with Crippen LogP contribution in [0.3, 0.4) is 0 Å². The fraction of sp³-hybridized carbons (Fsp3) is 0.208. The number of nitrogens with zero attached hydrogens (tertiary/aromatic N) is 1. The number of halogens is 1. The first kappa shape index (κ1) is 17.0. The third kappa shape index (κ3) is 3.15. The summed E-state index contributed by atoms with van der Waals surface area (Å²) in [6.07, 6.45) is 4.07. The fourth-order valence-corrected chi connectivity index (χ4v) is 3.86. The first-order valence-electron chi connectivity index (χ1n) is 9.61. The van der Waals surface area contributed by atoms with Crippen molar-refractivity contribution >= 4 is 27.6 Å². The van der Waals surface area contributed by atoms with Gasteiger partial charge in [0.05, 0.1) is 12.7 Å². The molecule has 1 aromatic heterocycles. The second-order valence-corrected chi connectivity index (χ2v) is 7.48. The molecule has 0 unspecified atom stereocenters. The van der Waals surface area contributed by atoms with E-state index in [1.54, 1.807) is 18.4 Å². The molecular formula is C24H20FNO2. The topological polar surface area (TPSA) is 33.5 Å². The highest BCUT2D eigenvalue weighted by molar-refractivity contribution is 6.08. The van der Waals surface area contributed by atoms with Crippen molar-refractivity contribution in [2.45, 2.75) is 31.8 Å². The monoisotopic (exact) mass is 373 g/mol. The standard InChI is InChI=1S/C24H20FNO2/c25-19-8-5-16(6-9-19)14-26(20-10-11-20)23(27)13-18-15-28-22-12-7-17-3-1-2-4-21(17)24(18)22/h1-9,12,15,20H,10-11,13-14H2. The van der Waals surface area contributed by atoms with Crippen LogP contribution in [0, 0.1) is 5.82 Å². The van der Waals surface area contributed by atoms with Gasteiger partial charge < -0.3 is 9.32 Å². The summed E-state index contributed by atoms with van der Waals surface area (Å²) in [5, 5.41) is 3.26. The molecule has 140 valence electrons. The zero-order chi connectivity index (χ0) is 19.1. The van der Waals surface area contributed by atoms with Crippen LogP contribution in [0.5, 0.6) is 0 Å². The van der Waals surface area contributed by atoms with Crippen LogP contribution in [-0.2, 0) is 17.8 Å². The van der Waals surface area contributed by atoms with Gasteiger partial charge in [-0.3, -0.25) is 4.79 Å². The zero-order valence-electron chi connectivity index (χ0n) is 15.4. The summed E-state index contributed by atoms with van der Waals surface area (Å²) in [6, 6.07) is 18.8. The Labute approximate surface area is 162 Å². The first-order valence-corrected chi connectivity index (χ1v) is 9.61. The van der Waals surface area contributed by atoms with Crippen molar-refractivity contribution in [1.82, 2.24) is 4.90 Å². The lowest BCUT2D eigenvalue weighted by Crippen LogP contribution is -2.33. The molecule has 1 aliphatic rings. The molecule has 4 aromatic rings. The minimum absolute atomic E-state index is 0.0856. The predicted octanol–water partition coefficient (Wildman–Crippen LogP) is 5.46.